The summed E-state index contributed by atoms with van der Waals surface area (Å²) >= 11 is 0. The zero-order chi connectivity index (χ0) is 13.8. The zero-order valence-corrected chi connectivity index (χ0v) is 13.0. The molecule has 5 heteroatoms. The number of nitrogens with one attached hydrogen (secondary N) is 1. The van der Waals surface area contributed by atoms with Crippen molar-refractivity contribution < 1.29 is 8.42 Å². The largest absolute Gasteiger partial charge is 0.299 e. The molecule has 0 amide bonds. The molecule has 18 heavy (non-hydrogen) atoms. The van der Waals surface area contributed by atoms with Crippen molar-refractivity contribution in [2.24, 2.45) is 5.41 Å². The van der Waals surface area contributed by atoms with Crippen LogP contribution in [-0.2, 0) is 10.0 Å². The molecule has 1 N–H and O–H groups in total. The molecule has 0 spiro atoms. The van der Waals surface area contributed by atoms with E-state index >= 15 is 0 Å². The maximum Gasteiger partial charge on any atom is 0.211 e. The molecule has 1 heterocycles. The summed E-state index contributed by atoms with van der Waals surface area (Å²) in [5, 5.41) is 0. The quantitative estimate of drug-likeness (QED) is 0.772. The SMILES string of the molecule is CCC1(CC)CCN(C(C)CNS(=O)(=O)CC)C1. The average molecular weight is 276 g/mol. The fraction of sp³-hybridized carbons (Fsp3) is 1.00. The second kappa shape index (κ2) is 6.35. The predicted octanol–water partition coefficient (Wildman–Crippen LogP) is 1.83. The Morgan fingerprint density at radius 2 is 1.89 bits per heavy atom. The lowest BCUT2D eigenvalue weighted by atomic mass is 9.82. The fourth-order valence-corrected chi connectivity index (χ4v) is 3.35. The summed E-state index contributed by atoms with van der Waals surface area (Å²) in [5.74, 6) is 0.160. The van der Waals surface area contributed by atoms with Crippen molar-refractivity contribution in [3.8, 4) is 0 Å². The number of nitrogens with zero attached hydrogens (tertiary/aromatic N) is 1. The van der Waals surface area contributed by atoms with E-state index < -0.39 is 10.0 Å². The molecule has 1 fully saturated rings. The fourth-order valence-electron chi connectivity index (χ4n) is 2.65. The summed E-state index contributed by atoms with van der Waals surface area (Å²) in [6.45, 7) is 11.0. The maximum absolute atomic E-state index is 11.4. The molecular formula is C13H28N2O2S. The molecule has 0 radical (unpaired) electrons. The molecule has 1 saturated heterocycles. The molecule has 0 aliphatic carbocycles. The van der Waals surface area contributed by atoms with E-state index in [1.165, 1.54) is 19.3 Å². The van der Waals surface area contributed by atoms with Gasteiger partial charge in [-0.25, -0.2) is 13.1 Å². The van der Waals surface area contributed by atoms with Crippen LogP contribution in [0.1, 0.15) is 47.0 Å². The zero-order valence-electron chi connectivity index (χ0n) is 12.2. The lowest BCUT2D eigenvalue weighted by Gasteiger charge is -2.29. The number of hydrogen-bond donors (Lipinski definition) is 1. The van der Waals surface area contributed by atoms with Crippen LogP contribution in [0.15, 0.2) is 0 Å². The second-order valence-electron chi connectivity index (χ2n) is 5.53. The van der Waals surface area contributed by atoms with Gasteiger partial charge in [-0.1, -0.05) is 13.8 Å². The minimum absolute atomic E-state index is 0.160. The summed E-state index contributed by atoms with van der Waals surface area (Å²) in [5.41, 5.74) is 0.456. The predicted molar refractivity (Wildman–Crippen MR) is 76.1 cm³/mol. The third kappa shape index (κ3) is 3.93. The highest BCUT2D eigenvalue weighted by Gasteiger charge is 2.36. The van der Waals surface area contributed by atoms with Gasteiger partial charge in [-0.2, -0.15) is 0 Å². The Balaban J connectivity index is 2.48. The van der Waals surface area contributed by atoms with E-state index in [9.17, 15) is 8.42 Å². The minimum atomic E-state index is -3.06. The van der Waals surface area contributed by atoms with Crippen LogP contribution in [0.2, 0.25) is 0 Å². The molecule has 1 aliphatic rings. The average Bonchev–Trinajstić information content (AvgIpc) is 2.81. The van der Waals surface area contributed by atoms with E-state index in [1.54, 1.807) is 6.92 Å². The molecule has 0 aromatic heterocycles. The number of likely N-dealkylation sites (tertiary alicyclic amines) is 1. The molecule has 0 aromatic carbocycles. The van der Waals surface area contributed by atoms with Crippen molar-refractivity contribution in [3.63, 3.8) is 0 Å². The lowest BCUT2D eigenvalue weighted by molar-refractivity contribution is 0.203. The Labute approximate surface area is 112 Å². The first kappa shape index (κ1) is 15.9. The van der Waals surface area contributed by atoms with Gasteiger partial charge in [-0.3, -0.25) is 4.90 Å². The van der Waals surface area contributed by atoms with E-state index in [0.29, 0.717) is 12.0 Å². The van der Waals surface area contributed by atoms with Crippen LogP contribution in [0.4, 0.5) is 0 Å². The second-order valence-corrected chi connectivity index (χ2v) is 7.62. The van der Waals surface area contributed by atoms with E-state index in [0.717, 1.165) is 13.1 Å². The lowest BCUT2D eigenvalue weighted by Crippen LogP contribution is -2.42. The van der Waals surface area contributed by atoms with E-state index in [-0.39, 0.29) is 11.8 Å². The molecular weight excluding hydrogens is 248 g/mol. The Bertz CT molecular complexity index is 350. The molecule has 1 rings (SSSR count). The van der Waals surface area contributed by atoms with E-state index in [1.807, 2.05) is 0 Å². The number of rotatable bonds is 7. The first-order chi connectivity index (χ1) is 8.38. The van der Waals surface area contributed by atoms with Crippen molar-refractivity contribution in [3.05, 3.63) is 0 Å². The van der Waals surface area contributed by atoms with Gasteiger partial charge >= 0.3 is 0 Å². The van der Waals surface area contributed by atoms with Crippen LogP contribution in [0.25, 0.3) is 0 Å². The van der Waals surface area contributed by atoms with Crippen LogP contribution in [0.5, 0.6) is 0 Å². The normalized spacial score (nSPS) is 22.2. The van der Waals surface area contributed by atoms with Crippen molar-refractivity contribution in [1.29, 1.82) is 0 Å². The van der Waals surface area contributed by atoms with Gasteiger partial charge in [0, 0.05) is 19.1 Å². The molecule has 1 unspecified atom stereocenters. The van der Waals surface area contributed by atoms with Crippen LogP contribution in [0.3, 0.4) is 0 Å². The topological polar surface area (TPSA) is 49.4 Å². The first-order valence-corrected chi connectivity index (χ1v) is 8.74. The number of hydrogen-bond acceptors (Lipinski definition) is 3. The highest BCUT2D eigenvalue weighted by molar-refractivity contribution is 7.89. The standard InChI is InChI=1S/C13H28N2O2S/c1-5-13(6-2)8-9-15(11-13)12(4)10-14-18(16,17)7-3/h12,14H,5-11H2,1-4H3. The van der Waals surface area contributed by atoms with Gasteiger partial charge < -0.3 is 0 Å². The molecule has 0 saturated carbocycles. The molecule has 1 aliphatic heterocycles. The van der Waals surface area contributed by atoms with Crippen molar-refractivity contribution in [2.75, 3.05) is 25.4 Å². The molecule has 1 atom stereocenters. The van der Waals surface area contributed by atoms with Gasteiger partial charge in [0.05, 0.1) is 5.75 Å². The molecule has 0 bridgehead atoms. The smallest absolute Gasteiger partial charge is 0.211 e. The van der Waals surface area contributed by atoms with Gasteiger partial charge in [0.15, 0.2) is 0 Å². The van der Waals surface area contributed by atoms with E-state index in [4.69, 9.17) is 0 Å². The molecule has 4 nitrogen and oxygen atoms in total. The Hall–Kier alpha value is -0.130. The van der Waals surface area contributed by atoms with Crippen molar-refractivity contribution in [1.82, 2.24) is 9.62 Å². The summed E-state index contributed by atoms with van der Waals surface area (Å²) in [4.78, 5) is 2.42. The highest BCUT2D eigenvalue weighted by atomic mass is 32.2. The monoisotopic (exact) mass is 276 g/mol. The van der Waals surface area contributed by atoms with Crippen LogP contribution in [0, 0.1) is 5.41 Å². The first-order valence-electron chi connectivity index (χ1n) is 7.09. The van der Waals surface area contributed by atoms with E-state index in [2.05, 4.69) is 30.4 Å². The Morgan fingerprint density at radius 3 is 2.33 bits per heavy atom. The molecule has 108 valence electrons. The summed E-state index contributed by atoms with van der Waals surface area (Å²) in [6.07, 6.45) is 3.67. The van der Waals surface area contributed by atoms with Crippen molar-refractivity contribution >= 4 is 10.0 Å². The Kier molecular flexibility index (Phi) is 5.62. The third-order valence-electron chi connectivity index (χ3n) is 4.57. The highest BCUT2D eigenvalue weighted by Crippen LogP contribution is 2.37. The third-order valence-corrected chi connectivity index (χ3v) is 5.94. The van der Waals surface area contributed by atoms with Crippen molar-refractivity contribution in [2.45, 2.75) is 53.0 Å². The summed E-state index contributed by atoms with van der Waals surface area (Å²) in [6, 6.07) is 0.284. The van der Waals surface area contributed by atoms with Crippen LogP contribution < -0.4 is 4.72 Å². The Morgan fingerprint density at radius 1 is 1.28 bits per heavy atom. The van der Waals surface area contributed by atoms with Gasteiger partial charge in [-0.15, -0.1) is 0 Å². The maximum atomic E-state index is 11.4. The molecule has 0 aromatic rings. The summed E-state index contributed by atoms with van der Waals surface area (Å²) < 4.78 is 25.5. The van der Waals surface area contributed by atoms with Gasteiger partial charge in [0.1, 0.15) is 0 Å². The minimum Gasteiger partial charge on any atom is -0.299 e. The number of sulfonamides is 1. The van der Waals surface area contributed by atoms with Crippen LogP contribution >= 0.6 is 0 Å². The van der Waals surface area contributed by atoms with Gasteiger partial charge in [0.2, 0.25) is 10.0 Å². The summed E-state index contributed by atoms with van der Waals surface area (Å²) in [7, 11) is -3.06. The van der Waals surface area contributed by atoms with Crippen LogP contribution in [-0.4, -0.2) is 44.7 Å². The van der Waals surface area contributed by atoms with Gasteiger partial charge in [0.25, 0.3) is 0 Å². The van der Waals surface area contributed by atoms with Gasteiger partial charge in [-0.05, 0) is 45.1 Å².